The average Bonchev–Trinajstić information content (AvgIpc) is 2.44. The summed E-state index contributed by atoms with van der Waals surface area (Å²) in [7, 11) is 0. The van der Waals surface area contributed by atoms with Crippen molar-refractivity contribution in [2.75, 3.05) is 24.3 Å². The number of nitrogens with one attached hydrogen (secondary N) is 1. The van der Waals surface area contributed by atoms with Gasteiger partial charge < -0.3 is 15.8 Å². The Morgan fingerprint density at radius 2 is 2.22 bits per heavy atom. The Kier molecular flexibility index (Phi) is 3.02. The maximum absolute atomic E-state index is 5.98. The first-order valence-electron chi connectivity index (χ1n) is 6.31. The highest BCUT2D eigenvalue weighted by Crippen LogP contribution is 2.28. The van der Waals surface area contributed by atoms with Gasteiger partial charge in [-0.1, -0.05) is 0 Å². The molecule has 0 aliphatic carbocycles. The van der Waals surface area contributed by atoms with E-state index in [1.54, 1.807) is 6.20 Å². The highest BCUT2D eigenvalue weighted by Gasteiger charge is 2.14. The Labute approximate surface area is 106 Å². The minimum atomic E-state index is 0.380. The van der Waals surface area contributed by atoms with Crippen molar-refractivity contribution in [3.05, 3.63) is 30.6 Å². The molecule has 2 heterocycles. The van der Waals surface area contributed by atoms with Gasteiger partial charge >= 0.3 is 0 Å². The van der Waals surface area contributed by atoms with E-state index in [0.717, 1.165) is 48.2 Å². The van der Waals surface area contributed by atoms with Crippen LogP contribution in [0.5, 0.6) is 0 Å². The number of hydrogen-bond donors (Lipinski definition) is 2. The second-order valence-electron chi connectivity index (χ2n) is 4.68. The largest absolute Gasteiger partial charge is 0.398 e. The molecule has 0 saturated carbocycles. The van der Waals surface area contributed by atoms with Crippen molar-refractivity contribution in [1.29, 1.82) is 0 Å². The number of pyridine rings is 1. The van der Waals surface area contributed by atoms with Crippen LogP contribution < -0.4 is 11.1 Å². The zero-order valence-corrected chi connectivity index (χ0v) is 10.2. The van der Waals surface area contributed by atoms with Gasteiger partial charge in [0.2, 0.25) is 0 Å². The molecule has 1 unspecified atom stereocenters. The smallest absolute Gasteiger partial charge is 0.0667 e. The first-order valence-corrected chi connectivity index (χ1v) is 6.31. The molecular formula is C14H17N3O. The van der Waals surface area contributed by atoms with E-state index in [0.29, 0.717) is 6.04 Å². The molecule has 2 aromatic rings. The van der Waals surface area contributed by atoms with Gasteiger partial charge in [-0.05, 0) is 31.0 Å². The summed E-state index contributed by atoms with van der Waals surface area (Å²) in [6, 6.07) is 6.29. The normalized spacial score (nSPS) is 19.9. The maximum atomic E-state index is 5.98. The van der Waals surface area contributed by atoms with Gasteiger partial charge in [-0.25, -0.2) is 0 Å². The van der Waals surface area contributed by atoms with E-state index in [4.69, 9.17) is 10.5 Å². The van der Waals surface area contributed by atoms with Crippen LogP contribution in [-0.2, 0) is 4.74 Å². The number of rotatable bonds is 2. The minimum absolute atomic E-state index is 0.380. The molecule has 0 amide bonds. The number of benzene rings is 1. The Balaban J connectivity index is 1.94. The van der Waals surface area contributed by atoms with Gasteiger partial charge in [-0.3, -0.25) is 4.98 Å². The van der Waals surface area contributed by atoms with Crippen LogP contribution in [0.4, 0.5) is 11.4 Å². The van der Waals surface area contributed by atoms with Crippen LogP contribution in [0.2, 0.25) is 0 Å². The van der Waals surface area contributed by atoms with Gasteiger partial charge in [0.1, 0.15) is 0 Å². The molecule has 1 aromatic carbocycles. The highest BCUT2D eigenvalue weighted by molar-refractivity contribution is 6.00. The van der Waals surface area contributed by atoms with Crippen LogP contribution in [0.25, 0.3) is 10.8 Å². The molecule has 0 spiro atoms. The summed E-state index contributed by atoms with van der Waals surface area (Å²) in [5.41, 5.74) is 7.85. The molecule has 1 aliphatic heterocycles. The van der Waals surface area contributed by atoms with Crippen LogP contribution in [0.15, 0.2) is 30.6 Å². The molecule has 1 saturated heterocycles. The third kappa shape index (κ3) is 2.11. The van der Waals surface area contributed by atoms with Gasteiger partial charge in [0.15, 0.2) is 0 Å². The molecule has 18 heavy (non-hydrogen) atoms. The lowest BCUT2D eigenvalue weighted by molar-refractivity contribution is 0.0876. The van der Waals surface area contributed by atoms with Gasteiger partial charge in [0, 0.05) is 47.2 Å². The molecule has 3 rings (SSSR count). The Morgan fingerprint density at radius 1 is 1.28 bits per heavy atom. The molecule has 1 aromatic heterocycles. The van der Waals surface area contributed by atoms with Crippen LogP contribution in [0, 0.1) is 0 Å². The summed E-state index contributed by atoms with van der Waals surface area (Å²) in [5.74, 6) is 0. The van der Waals surface area contributed by atoms with E-state index in [9.17, 15) is 0 Å². The quantitative estimate of drug-likeness (QED) is 0.795. The standard InChI is InChI=1S/C14H17N3O/c15-13-3-4-14(12-8-16-6-5-11(12)13)17-10-2-1-7-18-9-10/h3-6,8,10,17H,1-2,7,9,15H2. The number of ether oxygens (including phenoxy) is 1. The van der Waals surface area contributed by atoms with Gasteiger partial charge in [0.25, 0.3) is 0 Å². The first-order chi connectivity index (χ1) is 8.84. The van der Waals surface area contributed by atoms with E-state index in [1.807, 2.05) is 24.4 Å². The third-order valence-electron chi connectivity index (χ3n) is 3.37. The van der Waals surface area contributed by atoms with E-state index in [1.165, 1.54) is 0 Å². The summed E-state index contributed by atoms with van der Waals surface area (Å²) in [4.78, 5) is 4.18. The summed E-state index contributed by atoms with van der Waals surface area (Å²) < 4.78 is 5.49. The number of hydrogen-bond acceptors (Lipinski definition) is 4. The second kappa shape index (κ2) is 4.82. The van der Waals surface area contributed by atoms with E-state index >= 15 is 0 Å². The number of aromatic nitrogens is 1. The zero-order valence-electron chi connectivity index (χ0n) is 10.2. The monoisotopic (exact) mass is 243 g/mol. The molecule has 1 aliphatic rings. The van der Waals surface area contributed by atoms with Gasteiger partial charge in [-0.2, -0.15) is 0 Å². The SMILES string of the molecule is Nc1ccc(NC2CCCOC2)c2cnccc12. The molecule has 4 heteroatoms. The Hall–Kier alpha value is -1.81. The zero-order chi connectivity index (χ0) is 12.4. The molecule has 0 bridgehead atoms. The lowest BCUT2D eigenvalue weighted by Gasteiger charge is -2.25. The predicted molar refractivity (Wildman–Crippen MR) is 73.6 cm³/mol. The van der Waals surface area contributed by atoms with Gasteiger partial charge in [-0.15, -0.1) is 0 Å². The molecular weight excluding hydrogens is 226 g/mol. The van der Waals surface area contributed by atoms with Crippen molar-refractivity contribution in [3.8, 4) is 0 Å². The fraction of sp³-hybridized carbons (Fsp3) is 0.357. The van der Waals surface area contributed by atoms with Crippen molar-refractivity contribution in [2.24, 2.45) is 0 Å². The van der Waals surface area contributed by atoms with Crippen molar-refractivity contribution < 1.29 is 4.74 Å². The number of fused-ring (bicyclic) bond motifs is 1. The number of nitrogen functional groups attached to an aromatic ring is 1. The van der Waals surface area contributed by atoms with Crippen LogP contribution in [0.3, 0.4) is 0 Å². The average molecular weight is 243 g/mol. The molecule has 1 atom stereocenters. The molecule has 3 N–H and O–H groups in total. The minimum Gasteiger partial charge on any atom is -0.398 e. The van der Waals surface area contributed by atoms with E-state index < -0.39 is 0 Å². The maximum Gasteiger partial charge on any atom is 0.0667 e. The van der Waals surface area contributed by atoms with Crippen molar-refractivity contribution in [2.45, 2.75) is 18.9 Å². The topological polar surface area (TPSA) is 60.2 Å². The van der Waals surface area contributed by atoms with Crippen molar-refractivity contribution >= 4 is 22.1 Å². The fourth-order valence-corrected chi connectivity index (χ4v) is 2.41. The van der Waals surface area contributed by atoms with Gasteiger partial charge in [0.05, 0.1) is 6.61 Å². The highest BCUT2D eigenvalue weighted by atomic mass is 16.5. The number of nitrogens with zero attached hydrogens (tertiary/aromatic N) is 1. The molecule has 0 radical (unpaired) electrons. The molecule has 4 nitrogen and oxygen atoms in total. The summed E-state index contributed by atoms with van der Waals surface area (Å²) in [5, 5.41) is 5.65. The van der Waals surface area contributed by atoms with E-state index in [2.05, 4.69) is 10.3 Å². The lowest BCUT2D eigenvalue weighted by Crippen LogP contribution is -2.30. The van der Waals surface area contributed by atoms with Crippen LogP contribution >= 0.6 is 0 Å². The second-order valence-corrected chi connectivity index (χ2v) is 4.68. The Bertz CT molecular complexity index is 550. The summed E-state index contributed by atoms with van der Waals surface area (Å²) >= 11 is 0. The van der Waals surface area contributed by atoms with E-state index in [-0.39, 0.29) is 0 Å². The lowest BCUT2D eigenvalue weighted by atomic mass is 10.1. The van der Waals surface area contributed by atoms with Crippen molar-refractivity contribution in [1.82, 2.24) is 4.98 Å². The molecule has 94 valence electrons. The first kappa shape index (κ1) is 11.3. The number of nitrogens with two attached hydrogens (primary N) is 1. The van der Waals surface area contributed by atoms with Crippen LogP contribution in [-0.4, -0.2) is 24.2 Å². The fourth-order valence-electron chi connectivity index (χ4n) is 2.41. The van der Waals surface area contributed by atoms with Crippen molar-refractivity contribution in [3.63, 3.8) is 0 Å². The third-order valence-corrected chi connectivity index (χ3v) is 3.37. The summed E-state index contributed by atoms with van der Waals surface area (Å²) in [6.07, 6.45) is 5.89. The number of anilines is 2. The molecule has 1 fully saturated rings. The predicted octanol–water partition coefficient (Wildman–Crippen LogP) is 2.41. The summed E-state index contributed by atoms with van der Waals surface area (Å²) in [6.45, 7) is 1.65. The van der Waals surface area contributed by atoms with Crippen LogP contribution in [0.1, 0.15) is 12.8 Å². The Morgan fingerprint density at radius 3 is 3.06 bits per heavy atom.